The molecule has 0 saturated carbocycles. The Hall–Kier alpha value is 3.23. The first kappa shape index (κ1) is 42.4. The minimum atomic E-state index is 0. The van der Waals surface area contributed by atoms with Crippen LogP contribution in [-0.4, -0.2) is 7.11 Å². The first-order chi connectivity index (χ1) is 10.7. The van der Waals surface area contributed by atoms with Gasteiger partial charge in [-0.25, -0.2) is 0 Å². The van der Waals surface area contributed by atoms with Crippen LogP contribution in [0, 0.1) is 119 Å². The molecule has 0 aromatic rings. The van der Waals surface area contributed by atoms with Crippen LogP contribution in [0.3, 0.4) is 0 Å². The van der Waals surface area contributed by atoms with Gasteiger partial charge in [0.05, 0.1) is 13.4 Å². The molecule has 0 aromatic heterocycles. The second kappa shape index (κ2) is 50.7. The van der Waals surface area contributed by atoms with Crippen LogP contribution in [0.5, 0.6) is 0 Å². The molecule has 0 bridgehead atoms. The largest absolute Gasteiger partial charge is 0.505 e. The predicted molar refractivity (Wildman–Crippen MR) is 109 cm³/mol. The Labute approximate surface area is 251 Å². The molecule has 0 radical (unpaired) electrons. The average Bonchev–Trinajstić information content (AvgIpc) is 2.55. The number of ether oxygens (including phenoxy) is 1. The van der Waals surface area contributed by atoms with Crippen molar-refractivity contribution in [3.05, 3.63) is 42.8 Å². The Morgan fingerprint density at radius 1 is 0.800 bits per heavy atom. The van der Waals surface area contributed by atoms with E-state index in [2.05, 4.69) is 62.9 Å². The summed E-state index contributed by atoms with van der Waals surface area (Å²) in [5.41, 5.74) is 0. The second-order valence-electron chi connectivity index (χ2n) is 4.85. The summed E-state index contributed by atoms with van der Waals surface area (Å²) in [5.74, 6) is 0. The number of rotatable bonds is 10. The van der Waals surface area contributed by atoms with Gasteiger partial charge in [0.15, 0.2) is 0 Å². The van der Waals surface area contributed by atoms with Gasteiger partial charge in [-0.15, -0.1) is 6.42 Å². The standard InChI is InChI=1S/C10H18.C5H10O.C5H13P.3Ar/c1-3-5-7-9-10-8-6-4-2;1-3-4-5-6-2;1-2-3-4-5-6;;;/h5,7,9-10H,3-4,6,8H2,1-2H3;4-5H,3H2,1-2H3;5H,2-4H2,1,6H3;;;. The first-order valence-corrected chi connectivity index (χ1v) is 9.66. The molecule has 0 N–H and O–H groups in total. The Morgan fingerprint density at radius 3 is 1.64 bits per heavy atom. The quantitative estimate of drug-likeness (QED) is 0.113. The van der Waals surface area contributed by atoms with Crippen LogP contribution in [0.2, 0.25) is 0 Å². The van der Waals surface area contributed by atoms with E-state index in [0.717, 1.165) is 12.8 Å². The van der Waals surface area contributed by atoms with Gasteiger partial charge in [-0.2, -0.15) is 15.4 Å². The summed E-state index contributed by atoms with van der Waals surface area (Å²) in [6.07, 6.45) is 24.6. The maximum absolute atomic E-state index is 4.60. The molecule has 1 atom stereocenters. The van der Waals surface area contributed by atoms with Crippen molar-refractivity contribution < 1.29 is 118 Å². The summed E-state index contributed by atoms with van der Waals surface area (Å²) < 4.78 is 4.60. The van der Waals surface area contributed by atoms with Gasteiger partial charge in [0.2, 0.25) is 0 Å². The van der Waals surface area contributed by atoms with Gasteiger partial charge in [-0.05, 0) is 19.3 Å². The molecular weight excluding hydrogens is 407 g/mol. The van der Waals surface area contributed by atoms with Gasteiger partial charge in [-0.3, -0.25) is 0 Å². The van der Waals surface area contributed by atoms with Crippen LogP contribution < -0.4 is 0 Å². The molecule has 0 aliphatic heterocycles. The minimum Gasteiger partial charge on any atom is -0.505 e. The zero-order chi connectivity index (χ0) is 17.3. The van der Waals surface area contributed by atoms with Gasteiger partial charge in [0.25, 0.3) is 0 Å². The molecular formula is C20H41Ar3OP. The third-order valence-electron chi connectivity index (χ3n) is 2.57. The van der Waals surface area contributed by atoms with Crippen LogP contribution in [0.25, 0.3) is 0 Å². The fourth-order valence-corrected chi connectivity index (χ4v) is 1.54. The molecule has 0 amide bonds. The third-order valence-corrected chi connectivity index (χ3v) is 2.98. The fraction of sp³-hybridized carbons (Fsp3) is 0.650. The topological polar surface area (TPSA) is 9.23 Å². The van der Waals surface area contributed by atoms with Crippen molar-refractivity contribution in [2.45, 2.75) is 79.1 Å². The van der Waals surface area contributed by atoms with E-state index in [1.54, 1.807) is 13.4 Å². The van der Waals surface area contributed by atoms with E-state index >= 15 is 0 Å². The van der Waals surface area contributed by atoms with Crippen LogP contribution >= 0.6 is 9.24 Å². The third kappa shape index (κ3) is 65.8. The molecule has 25 heavy (non-hydrogen) atoms. The van der Waals surface area contributed by atoms with E-state index in [-0.39, 0.29) is 113 Å². The van der Waals surface area contributed by atoms with Crippen LogP contribution in [0.1, 0.15) is 79.1 Å². The molecule has 0 heterocycles. The summed E-state index contributed by atoms with van der Waals surface area (Å²) in [6, 6.07) is 0. The van der Waals surface area contributed by atoms with E-state index in [9.17, 15) is 0 Å². The Bertz CT molecular complexity index is 235. The Balaban J connectivity index is -0.0000000535. The summed E-state index contributed by atoms with van der Waals surface area (Å²) in [6.45, 7) is 8.65. The maximum atomic E-state index is 4.60. The van der Waals surface area contributed by atoms with Crippen molar-refractivity contribution in [3.63, 3.8) is 0 Å². The summed E-state index contributed by atoms with van der Waals surface area (Å²) in [4.78, 5) is 0. The van der Waals surface area contributed by atoms with E-state index in [1.165, 1.54) is 38.5 Å². The van der Waals surface area contributed by atoms with Crippen molar-refractivity contribution in [2.24, 2.45) is 0 Å². The van der Waals surface area contributed by atoms with Crippen molar-refractivity contribution in [2.75, 3.05) is 7.11 Å². The van der Waals surface area contributed by atoms with Gasteiger partial charge >= 0.3 is 0 Å². The Morgan fingerprint density at radius 2 is 1.32 bits per heavy atom. The second-order valence-corrected chi connectivity index (χ2v) is 5.43. The summed E-state index contributed by atoms with van der Waals surface area (Å²) in [5, 5.41) is 0. The van der Waals surface area contributed by atoms with Crippen LogP contribution in [-0.2, 0) is 4.74 Å². The molecule has 156 valence electrons. The van der Waals surface area contributed by atoms with E-state index in [4.69, 9.17) is 0 Å². The van der Waals surface area contributed by atoms with E-state index < -0.39 is 0 Å². The van der Waals surface area contributed by atoms with Crippen molar-refractivity contribution in [3.8, 4) is 0 Å². The maximum Gasteiger partial charge on any atom is 0.0784 e. The van der Waals surface area contributed by atoms with Gasteiger partial charge in [0, 0.05) is 113 Å². The fourth-order valence-electron chi connectivity index (χ4n) is 1.25. The van der Waals surface area contributed by atoms with Crippen molar-refractivity contribution in [1.82, 2.24) is 0 Å². The molecule has 0 aromatic carbocycles. The molecule has 0 fully saturated rings. The van der Waals surface area contributed by atoms with Crippen LogP contribution in [0.4, 0.5) is 0 Å². The molecule has 0 aliphatic carbocycles. The smallest absolute Gasteiger partial charge is 0.0784 e. The minimum absolute atomic E-state index is 0. The molecule has 5 heteroatoms. The Kier molecular flexibility index (Phi) is 85.8. The number of hydrogen-bond donors (Lipinski definition) is 0. The van der Waals surface area contributed by atoms with Crippen molar-refractivity contribution >= 4 is 9.24 Å². The SMILES string of the molecule is CCC=CC=CCCCC.CCC=COC.CCCC[CH-][PH3+].[Ar].[Ar].[Ar]. The normalized spacial score (nSPS) is 9.32. The number of allylic oxidation sites excluding steroid dienone is 5. The predicted octanol–water partition coefficient (Wildman–Crippen LogP) is 7.20. The number of methoxy groups -OCH3 is 1. The van der Waals surface area contributed by atoms with E-state index in [1.807, 2.05) is 15.3 Å². The zero-order valence-corrected chi connectivity index (χ0v) is 20.4. The van der Waals surface area contributed by atoms with Crippen LogP contribution in [0.15, 0.2) is 36.6 Å². The number of hydrogen-bond acceptors (Lipinski definition) is 1. The first-order valence-electron chi connectivity index (χ1n) is 8.85. The summed E-state index contributed by atoms with van der Waals surface area (Å²) >= 11 is 0. The average molecular weight is 448 g/mol. The van der Waals surface area contributed by atoms with Crippen molar-refractivity contribution in [1.29, 1.82) is 0 Å². The molecule has 0 aliphatic rings. The molecule has 0 rings (SSSR count). The molecule has 0 spiro atoms. The monoisotopic (exact) mass is 448 g/mol. The number of unbranched alkanes of at least 4 members (excludes halogenated alkanes) is 4. The van der Waals surface area contributed by atoms with Gasteiger partial charge < -0.3 is 4.74 Å². The molecule has 1 nitrogen and oxygen atoms in total. The zero-order valence-electron chi connectivity index (χ0n) is 16.9. The summed E-state index contributed by atoms with van der Waals surface area (Å²) in [7, 11) is 3.59. The molecule has 1 unspecified atom stereocenters. The van der Waals surface area contributed by atoms with E-state index in [0.29, 0.717) is 0 Å². The molecule has 0 saturated heterocycles. The van der Waals surface area contributed by atoms with Gasteiger partial charge in [-0.1, -0.05) is 83.8 Å². The van der Waals surface area contributed by atoms with Gasteiger partial charge in [0.1, 0.15) is 0 Å².